The molecule has 4 rings (SSSR count). The van der Waals surface area contributed by atoms with Gasteiger partial charge in [0.05, 0.1) is 22.9 Å². The highest BCUT2D eigenvalue weighted by Crippen LogP contribution is 2.46. The monoisotopic (exact) mass is 534 g/mol. The van der Waals surface area contributed by atoms with Crippen LogP contribution < -0.4 is 10.2 Å². The van der Waals surface area contributed by atoms with Crippen molar-refractivity contribution < 1.29 is 28.6 Å². The summed E-state index contributed by atoms with van der Waals surface area (Å²) in [5, 5.41) is 23.9. The highest BCUT2D eigenvalue weighted by Gasteiger charge is 2.52. The first-order chi connectivity index (χ1) is 17.0. The molecular formula is C26H22Cl2F2N2O4. The number of fused-ring (bicyclic) bond motifs is 1. The highest BCUT2D eigenvalue weighted by molar-refractivity contribution is 6.34. The summed E-state index contributed by atoms with van der Waals surface area (Å²) >= 11 is 12.1. The standard InChI is InChI=1S/C26H22Cl2F2N2O4/c1-25(30)10-11-32(22-9-4-16(27)12-20(22)26(25,36)14-33)24(35)15-2-6-18(7-3-15)31-23(34)19-13-17(29)5-8-21(19)28/h2-9,12-13,33,36H,10-11,14H2,1H3,(H,31,34)/t25?,26-/m0/s1. The molecule has 3 aromatic rings. The van der Waals surface area contributed by atoms with E-state index in [0.717, 1.165) is 12.1 Å². The Hall–Kier alpha value is -3.04. The van der Waals surface area contributed by atoms with Gasteiger partial charge in [-0.1, -0.05) is 23.2 Å². The molecule has 2 atom stereocenters. The van der Waals surface area contributed by atoms with E-state index in [9.17, 15) is 24.2 Å². The van der Waals surface area contributed by atoms with Crippen LogP contribution in [0.5, 0.6) is 0 Å². The molecule has 10 heteroatoms. The molecule has 0 saturated carbocycles. The Labute approximate surface area is 216 Å². The number of carbonyl (C=O) groups excluding carboxylic acids is 2. The number of benzene rings is 3. The van der Waals surface area contributed by atoms with E-state index in [1.165, 1.54) is 60.4 Å². The van der Waals surface area contributed by atoms with E-state index >= 15 is 4.39 Å². The third kappa shape index (κ3) is 4.69. The van der Waals surface area contributed by atoms with E-state index in [4.69, 9.17) is 23.2 Å². The van der Waals surface area contributed by atoms with Crippen molar-refractivity contribution >= 4 is 46.4 Å². The number of hydrogen-bond acceptors (Lipinski definition) is 4. The molecule has 2 amide bonds. The van der Waals surface area contributed by atoms with Crippen LogP contribution in [0.2, 0.25) is 10.0 Å². The first-order valence-electron chi connectivity index (χ1n) is 11.0. The molecule has 3 N–H and O–H groups in total. The van der Waals surface area contributed by atoms with Crippen LogP contribution in [0.25, 0.3) is 0 Å². The Morgan fingerprint density at radius 1 is 1.08 bits per heavy atom. The minimum absolute atomic E-state index is 0.00389. The van der Waals surface area contributed by atoms with Crippen LogP contribution in [0.1, 0.15) is 39.6 Å². The topological polar surface area (TPSA) is 89.9 Å². The maximum Gasteiger partial charge on any atom is 0.258 e. The van der Waals surface area contributed by atoms with Crippen LogP contribution in [0.15, 0.2) is 60.7 Å². The Kier molecular flexibility index (Phi) is 7.07. The lowest BCUT2D eigenvalue weighted by Crippen LogP contribution is -2.49. The summed E-state index contributed by atoms with van der Waals surface area (Å²) in [6.45, 7) is 0.197. The average Bonchev–Trinajstić information content (AvgIpc) is 2.93. The third-order valence-corrected chi connectivity index (χ3v) is 6.96. The molecule has 0 radical (unpaired) electrons. The van der Waals surface area contributed by atoms with Gasteiger partial charge in [-0.3, -0.25) is 9.59 Å². The molecule has 1 aliphatic rings. The van der Waals surface area contributed by atoms with E-state index in [1.807, 2.05) is 0 Å². The lowest BCUT2D eigenvalue weighted by molar-refractivity contribution is -0.130. The molecule has 0 bridgehead atoms. The van der Waals surface area contributed by atoms with Crippen LogP contribution in [-0.4, -0.2) is 40.8 Å². The van der Waals surface area contributed by atoms with Gasteiger partial charge in [-0.25, -0.2) is 8.78 Å². The molecule has 6 nitrogen and oxygen atoms in total. The maximum absolute atomic E-state index is 15.5. The predicted molar refractivity (Wildman–Crippen MR) is 134 cm³/mol. The second-order valence-corrected chi connectivity index (χ2v) is 9.58. The van der Waals surface area contributed by atoms with Crippen molar-refractivity contribution in [3.63, 3.8) is 0 Å². The average molecular weight is 535 g/mol. The molecule has 0 aromatic heterocycles. The van der Waals surface area contributed by atoms with Gasteiger partial charge in [0.25, 0.3) is 11.8 Å². The summed E-state index contributed by atoms with van der Waals surface area (Å²) < 4.78 is 29.0. The van der Waals surface area contributed by atoms with Crippen LogP contribution in [-0.2, 0) is 5.60 Å². The summed E-state index contributed by atoms with van der Waals surface area (Å²) in [6.07, 6.45) is -0.245. The van der Waals surface area contributed by atoms with Crippen molar-refractivity contribution in [3.8, 4) is 0 Å². The molecular weight excluding hydrogens is 513 g/mol. The van der Waals surface area contributed by atoms with E-state index in [-0.39, 0.29) is 45.4 Å². The van der Waals surface area contributed by atoms with Crippen molar-refractivity contribution in [2.45, 2.75) is 24.6 Å². The van der Waals surface area contributed by atoms with Crippen LogP contribution in [0.4, 0.5) is 20.2 Å². The van der Waals surface area contributed by atoms with Crippen molar-refractivity contribution in [3.05, 3.63) is 93.2 Å². The quantitative estimate of drug-likeness (QED) is 0.421. The number of halogens is 4. The van der Waals surface area contributed by atoms with Crippen LogP contribution in [0.3, 0.4) is 0 Å². The molecule has 0 saturated heterocycles. The summed E-state index contributed by atoms with van der Waals surface area (Å²) in [7, 11) is 0. The van der Waals surface area contributed by atoms with Gasteiger partial charge in [-0.2, -0.15) is 0 Å². The van der Waals surface area contributed by atoms with Crippen molar-refractivity contribution in [1.29, 1.82) is 0 Å². The zero-order valence-electron chi connectivity index (χ0n) is 19.1. The fourth-order valence-corrected chi connectivity index (χ4v) is 4.56. The first kappa shape index (κ1) is 26.0. The minimum atomic E-state index is -2.27. The number of carbonyl (C=O) groups is 2. The predicted octanol–water partition coefficient (Wildman–Crippen LogP) is 5.34. The summed E-state index contributed by atoms with van der Waals surface area (Å²) in [5.74, 6) is -1.72. The molecule has 0 aliphatic carbocycles. The van der Waals surface area contributed by atoms with E-state index in [0.29, 0.717) is 5.69 Å². The number of nitrogens with zero attached hydrogens (tertiary/aromatic N) is 1. The van der Waals surface area contributed by atoms with E-state index < -0.39 is 35.5 Å². The van der Waals surface area contributed by atoms with E-state index in [1.54, 1.807) is 0 Å². The summed E-state index contributed by atoms with van der Waals surface area (Å²) in [6, 6.07) is 13.7. The fraction of sp³-hybridized carbons (Fsp3) is 0.231. The maximum atomic E-state index is 15.5. The minimum Gasteiger partial charge on any atom is -0.393 e. The van der Waals surface area contributed by atoms with Crippen LogP contribution in [0, 0.1) is 5.82 Å². The largest absolute Gasteiger partial charge is 0.393 e. The second kappa shape index (κ2) is 9.78. The van der Waals surface area contributed by atoms with E-state index in [2.05, 4.69) is 5.32 Å². The lowest BCUT2D eigenvalue weighted by atomic mass is 9.79. The lowest BCUT2D eigenvalue weighted by Gasteiger charge is -2.37. The third-order valence-electron chi connectivity index (χ3n) is 6.40. The van der Waals surface area contributed by atoms with Gasteiger partial charge >= 0.3 is 0 Å². The first-order valence-corrected chi connectivity index (χ1v) is 11.7. The molecule has 1 heterocycles. The van der Waals surface area contributed by atoms with Crippen molar-refractivity contribution in [2.24, 2.45) is 0 Å². The molecule has 3 aromatic carbocycles. The van der Waals surface area contributed by atoms with Crippen LogP contribution >= 0.6 is 23.2 Å². The van der Waals surface area contributed by atoms with Gasteiger partial charge in [-0.05, 0) is 67.6 Å². The molecule has 188 valence electrons. The Bertz CT molecular complexity index is 1330. The van der Waals surface area contributed by atoms with Gasteiger partial charge in [0.1, 0.15) is 17.1 Å². The van der Waals surface area contributed by atoms with Crippen molar-refractivity contribution in [1.82, 2.24) is 0 Å². The van der Waals surface area contributed by atoms with Gasteiger partial charge < -0.3 is 20.4 Å². The summed E-state index contributed by atoms with van der Waals surface area (Å²) in [5.41, 5.74) is -3.76. The normalized spacial score (nSPS) is 21.5. The molecule has 0 spiro atoms. The number of aliphatic hydroxyl groups excluding tert-OH is 1. The second-order valence-electron chi connectivity index (χ2n) is 8.74. The van der Waals surface area contributed by atoms with Gasteiger partial charge in [0.2, 0.25) is 0 Å². The highest BCUT2D eigenvalue weighted by atomic mass is 35.5. The van der Waals surface area contributed by atoms with Crippen molar-refractivity contribution in [2.75, 3.05) is 23.4 Å². The molecule has 36 heavy (non-hydrogen) atoms. The number of rotatable bonds is 4. The smallest absolute Gasteiger partial charge is 0.258 e. The number of anilines is 2. The Morgan fingerprint density at radius 2 is 1.78 bits per heavy atom. The zero-order chi connectivity index (χ0) is 26.3. The molecule has 1 unspecified atom stereocenters. The summed E-state index contributed by atoms with van der Waals surface area (Å²) in [4.78, 5) is 27.2. The van der Waals surface area contributed by atoms with Gasteiger partial charge in [-0.15, -0.1) is 0 Å². The zero-order valence-corrected chi connectivity index (χ0v) is 20.6. The number of nitrogens with one attached hydrogen (secondary N) is 1. The Morgan fingerprint density at radius 3 is 2.44 bits per heavy atom. The number of hydrogen-bond donors (Lipinski definition) is 3. The fourth-order valence-electron chi connectivity index (χ4n) is 4.19. The molecule has 1 aliphatic heterocycles. The molecule has 0 fully saturated rings. The number of aliphatic hydroxyl groups is 2. The van der Waals surface area contributed by atoms with Gasteiger partial charge in [0.15, 0.2) is 0 Å². The Balaban J connectivity index is 1.62. The number of amides is 2. The number of alkyl halides is 1. The SMILES string of the molecule is CC1(F)CCN(C(=O)c2ccc(NC(=O)c3cc(F)ccc3Cl)cc2)c2ccc(Cl)cc2[C@@]1(O)CO. The van der Waals surface area contributed by atoms with Gasteiger partial charge in [0, 0.05) is 34.8 Å².